The molecular weight excluding hydrogens is 649 g/mol. The van der Waals surface area contributed by atoms with Gasteiger partial charge >= 0.3 is 0 Å². The van der Waals surface area contributed by atoms with Crippen molar-refractivity contribution in [3.63, 3.8) is 0 Å². The van der Waals surface area contributed by atoms with Crippen LogP contribution in [0.2, 0.25) is 0 Å². The third kappa shape index (κ3) is 8.75. The van der Waals surface area contributed by atoms with Crippen molar-refractivity contribution in [2.24, 2.45) is 0 Å². The van der Waals surface area contributed by atoms with Gasteiger partial charge in [-0.3, -0.25) is 4.90 Å². The topological polar surface area (TPSA) is 108 Å². The van der Waals surface area contributed by atoms with Crippen LogP contribution in [0, 0.1) is 0 Å². The van der Waals surface area contributed by atoms with E-state index in [-0.39, 0.29) is 36.3 Å². The molecule has 1 fully saturated rings. The predicted molar refractivity (Wildman–Crippen MR) is 194 cm³/mol. The van der Waals surface area contributed by atoms with Gasteiger partial charge in [0.15, 0.2) is 6.29 Å². The number of aliphatic hydroxyl groups excluding tert-OH is 2. The van der Waals surface area contributed by atoms with Crippen LogP contribution in [0.25, 0.3) is 11.1 Å². The summed E-state index contributed by atoms with van der Waals surface area (Å²) in [6, 6.07) is 41.5. The highest BCUT2D eigenvalue weighted by atomic mass is 32.2. The fourth-order valence-corrected chi connectivity index (χ4v) is 7.32. The summed E-state index contributed by atoms with van der Waals surface area (Å²) in [4.78, 5) is 2.36. The first kappa shape index (κ1) is 35.6. The third-order valence-electron chi connectivity index (χ3n) is 9.34. The standard InChI is InChI=1S/C41H44N2O6S/c1-29(40(45)33-12-5-3-6-13-33)43(2)27-37-25-39(32-21-19-30(28-44)20-22-32)49-41(48-37)36-16-10-15-35(24-36)34-14-9-11-31(23-34)26-42-50(46,47)38-17-7-4-8-18-38/h3-24,29,37,39-42,44-45H,25-28H2,1-2H3/t29-,37+,39-,40-,41-/m1/s1. The number of ether oxygens (including phenoxy) is 2. The van der Waals surface area contributed by atoms with E-state index in [1.165, 1.54) is 0 Å². The number of sulfonamides is 1. The highest BCUT2D eigenvalue weighted by molar-refractivity contribution is 7.89. The van der Waals surface area contributed by atoms with Gasteiger partial charge in [0.2, 0.25) is 10.0 Å². The normalized spacial score (nSPS) is 19.3. The van der Waals surface area contributed by atoms with E-state index in [1.54, 1.807) is 30.3 Å². The summed E-state index contributed by atoms with van der Waals surface area (Å²) in [5.41, 5.74) is 6.29. The van der Waals surface area contributed by atoms with Crippen LogP contribution in [0.3, 0.4) is 0 Å². The molecule has 50 heavy (non-hydrogen) atoms. The van der Waals surface area contributed by atoms with Crippen molar-refractivity contribution >= 4 is 10.0 Å². The maximum atomic E-state index is 12.8. The Kier molecular flexibility index (Phi) is 11.6. The van der Waals surface area contributed by atoms with E-state index in [4.69, 9.17) is 9.47 Å². The Morgan fingerprint density at radius 2 is 1.44 bits per heavy atom. The molecule has 0 unspecified atom stereocenters. The van der Waals surface area contributed by atoms with Crippen molar-refractivity contribution in [1.82, 2.24) is 9.62 Å². The van der Waals surface area contributed by atoms with Gasteiger partial charge in [-0.15, -0.1) is 0 Å². The van der Waals surface area contributed by atoms with E-state index in [0.717, 1.165) is 38.9 Å². The van der Waals surface area contributed by atoms with Crippen molar-refractivity contribution in [3.05, 3.63) is 161 Å². The highest BCUT2D eigenvalue weighted by Crippen LogP contribution is 2.39. The van der Waals surface area contributed by atoms with Crippen LogP contribution in [0.1, 0.15) is 59.7 Å². The van der Waals surface area contributed by atoms with E-state index >= 15 is 0 Å². The molecule has 1 aliphatic heterocycles. The van der Waals surface area contributed by atoms with Gasteiger partial charge in [-0.2, -0.15) is 0 Å². The molecule has 5 aromatic rings. The molecule has 5 aromatic carbocycles. The van der Waals surface area contributed by atoms with Gasteiger partial charge in [0, 0.05) is 31.1 Å². The summed E-state index contributed by atoms with van der Waals surface area (Å²) < 4.78 is 41.6. The van der Waals surface area contributed by atoms with E-state index in [9.17, 15) is 18.6 Å². The number of likely N-dealkylation sites (N-methyl/N-ethyl adjacent to an activating group) is 1. The molecule has 0 bridgehead atoms. The van der Waals surface area contributed by atoms with Gasteiger partial charge in [0.05, 0.1) is 29.8 Å². The lowest BCUT2D eigenvalue weighted by atomic mass is 9.97. The molecule has 5 atom stereocenters. The van der Waals surface area contributed by atoms with E-state index in [1.807, 2.05) is 111 Å². The van der Waals surface area contributed by atoms with E-state index in [0.29, 0.717) is 13.0 Å². The minimum Gasteiger partial charge on any atom is -0.392 e. The van der Waals surface area contributed by atoms with Crippen molar-refractivity contribution in [2.45, 2.75) is 62.0 Å². The minimum absolute atomic E-state index is 0.0283. The summed E-state index contributed by atoms with van der Waals surface area (Å²) in [5.74, 6) is 0. The lowest BCUT2D eigenvalue weighted by molar-refractivity contribution is -0.253. The number of hydrogen-bond acceptors (Lipinski definition) is 7. The Morgan fingerprint density at radius 3 is 2.14 bits per heavy atom. The number of aliphatic hydroxyl groups is 2. The molecule has 3 N–H and O–H groups in total. The highest BCUT2D eigenvalue weighted by Gasteiger charge is 2.34. The van der Waals surface area contributed by atoms with Crippen molar-refractivity contribution in [3.8, 4) is 11.1 Å². The predicted octanol–water partition coefficient (Wildman–Crippen LogP) is 6.92. The van der Waals surface area contributed by atoms with Crippen molar-refractivity contribution in [2.75, 3.05) is 13.6 Å². The molecule has 0 aromatic heterocycles. The quantitative estimate of drug-likeness (QED) is 0.123. The summed E-state index contributed by atoms with van der Waals surface area (Å²) in [7, 11) is -1.64. The first-order valence-electron chi connectivity index (χ1n) is 16.9. The lowest BCUT2D eigenvalue weighted by Gasteiger charge is -2.39. The average molecular weight is 693 g/mol. The second kappa shape index (κ2) is 16.2. The average Bonchev–Trinajstić information content (AvgIpc) is 3.17. The Labute approximate surface area is 295 Å². The minimum atomic E-state index is -3.64. The van der Waals surface area contributed by atoms with Crippen LogP contribution in [-0.2, 0) is 32.6 Å². The Morgan fingerprint density at radius 1 is 0.780 bits per heavy atom. The van der Waals surface area contributed by atoms with Crippen molar-refractivity contribution in [1.29, 1.82) is 0 Å². The fourth-order valence-electron chi connectivity index (χ4n) is 6.28. The van der Waals surface area contributed by atoms with Crippen LogP contribution < -0.4 is 4.72 Å². The first-order valence-corrected chi connectivity index (χ1v) is 18.4. The molecule has 8 nitrogen and oxygen atoms in total. The number of nitrogens with one attached hydrogen (secondary N) is 1. The number of benzene rings is 5. The van der Waals surface area contributed by atoms with Gasteiger partial charge in [-0.25, -0.2) is 13.1 Å². The van der Waals surface area contributed by atoms with Crippen LogP contribution in [0.15, 0.2) is 138 Å². The Hall–Kier alpha value is -4.19. The number of hydrogen-bond donors (Lipinski definition) is 3. The number of rotatable bonds is 13. The second-order valence-corrected chi connectivity index (χ2v) is 14.6. The maximum Gasteiger partial charge on any atom is 0.240 e. The fraction of sp³-hybridized carbons (Fsp3) is 0.268. The van der Waals surface area contributed by atoms with Gasteiger partial charge < -0.3 is 19.7 Å². The molecule has 260 valence electrons. The van der Waals surface area contributed by atoms with Gasteiger partial charge in [0.1, 0.15) is 0 Å². The first-order chi connectivity index (χ1) is 24.2. The van der Waals surface area contributed by atoms with Crippen LogP contribution in [-0.4, -0.2) is 49.3 Å². The summed E-state index contributed by atoms with van der Waals surface area (Å²) in [5, 5.41) is 20.7. The maximum absolute atomic E-state index is 12.8. The molecule has 1 saturated heterocycles. The molecule has 0 aliphatic carbocycles. The van der Waals surface area contributed by atoms with Gasteiger partial charge in [-0.1, -0.05) is 109 Å². The molecule has 0 amide bonds. The molecule has 6 rings (SSSR count). The van der Waals surface area contributed by atoms with Crippen LogP contribution in [0.4, 0.5) is 0 Å². The lowest BCUT2D eigenvalue weighted by Crippen LogP contribution is -2.43. The zero-order valence-electron chi connectivity index (χ0n) is 28.3. The molecule has 1 heterocycles. The Bertz CT molecular complexity index is 1940. The molecule has 9 heteroatoms. The SMILES string of the molecule is C[C@H]([C@@H](O)c1ccccc1)N(C)C[C@@H]1C[C@H](c2ccc(CO)cc2)O[C@H](c2cccc(-c3cccc(CNS(=O)(=O)c4ccccc4)c3)c2)O1. The van der Waals surface area contributed by atoms with Gasteiger partial charge in [-0.05, 0) is 71.6 Å². The monoisotopic (exact) mass is 692 g/mol. The zero-order valence-corrected chi connectivity index (χ0v) is 29.1. The number of nitrogens with zero attached hydrogens (tertiary/aromatic N) is 1. The largest absolute Gasteiger partial charge is 0.392 e. The molecule has 1 aliphatic rings. The zero-order chi connectivity index (χ0) is 35.1. The van der Waals surface area contributed by atoms with Crippen LogP contribution in [0.5, 0.6) is 0 Å². The molecule has 0 spiro atoms. The summed E-state index contributed by atoms with van der Waals surface area (Å²) in [6.07, 6.45) is -1.14. The summed E-state index contributed by atoms with van der Waals surface area (Å²) >= 11 is 0. The Balaban J connectivity index is 1.21. The smallest absolute Gasteiger partial charge is 0.240 e. The third-order valence-corrected chi connectivity index (χ3v) is 10.8. The van der Waals surface area contributed by atoms with E-state index < -0.39 is 22.4 Å². The second-order valence-electron chi connectivity index (χ2n) is 12.8. The van der Waals surface area contributed by atoms with Crippen LogP contribution >= 0.6 is 0 Å². The molecule has 0 radical (unpaired) electrons. The van der Waals surface area contributed by atoms with E-state index in [2.05, 4.69) is 15.7 Å². The molecule has 0 saturated carbocycles. The van der Waals surface area contributed by atoms with Crippen molar-refractivity contribution < 1.29 is 28.1 Å². The van der Waals surface area contributed by atoms with Gasteiger partial charge in [0.25, 0.3) is 0 Å². The summed E-state index contributed by atoms with van der Waals surface area (Å²) in [6.45, 7) is 2.73. The molecular formula is C41H44N2O6S.